The fourth-order valence-corrected chi connectivity index (χ4v) is 3.46. The Morgan fingerprint density at radius 1 is 1.27 bits per heavy atom. The molecule has 142 valence electrons. The van der Waals surface area contributed by atoms with Crippen LogP contribution in [0.25, 0.3) is 0 Å². The lowest BCUT2D eigenvalue weighted by atomic mass is 10.1. The first-order valence-electron chi connectivity index (χ1n) is 9.97. The Kier molecular flexibility index (Phi) is 8.11. The lowest BCUT2D eigenvalue weighted by Crippen LogP contribution is -2.32. The molecule has 2 rings (SSSR count). The fraction of sp³-hybridized carbons (Fsp3) is 0.522. The number of aliphatic imine (C=N–C) groups is 1. The molecule has 1 heterocycles. The molecule has 1 saturated heterocycles. The third-order valence-corrected chi connectivity index (χ3v) is 5.34. The van der Waals surface area contributed by atoms with Gasteiger partial charge in [-0.1, -0.05) is 49.4 Å². The van der Waals surface area contributed by atoms with E-state index in [2.05, 4.69) is 68.8 Å². The monoisotopic (exact) mass is 353 g/mol. The molecule has 1 aromatic carbocycles. The minimum absolute atomic E-state index is 0.639. The second-order valence-corrected chi connectivity index (χ2v) is 7.32. The van der Waals surface area contributed by atoms with Crippen LogP contribution in [0.1, 0.15) is 58.9 Å². The summed E-state index contributed by atoms with van der Waals surface area (Å²) in [7, 11) is 0. The van der Waals surface area contributed by atoms with Crippen LogP contribution in [0.15, 0.2) is 58.9 Å². The summed E-state index contributed by atoms with van der Waals surface area (Å²) in [6, 6.07) is 11.1. The van der Waals surface area contributed by atoms with Crippen molar-refractivity contribution in [1.82, 2.24) is 10.2 Å². The topological polar surface area (TPSA) is 27.6 Å². The predicted octanol–water partition coefficient (Wildman–Crippen LogP) is 5.16. The number of hydrogen-bond donors (Lipinski definition) is 1. The second-order valence-electron chi connectivity index (χ2n) is 7.32. The molecule has 1 aliphatic heterocycles. The number of nitrogens with zero attached hydrogens (tertiary/aromatic N) is 2. The molecule has 0 amide bonds. The van der Waals surface area contributed by atoms with Crippen molar-refractivity contribution >= 4 is 5.71 Å². The van der Waals surface area contributed by atoms with E-state index in [-0.39, 0.29) is 0 Å². The predicted molar refractivity (Wildman–Crippen MR) is 114 cm³/mol. The maximum atomic E-state index is 4.95. The third kappa shape index (κ3) is 5.84. The highest BCUT2D eigenvalue weighted by Crippen LogP contribution is 2.20. The Labute approximate surface area is 159 Å². The van der Waals surface area contributed by atoms with Gasteiger partial charge >= 0.3 is 0 Å². The van der Waals surface area contributed by atoms with Crippen LogP contribution in [0.4, 0.5) is 0 Å². The molecule has 1 aliphatic rings. The highest BCUT2D eigenvalue weighted by molar-refractivity contribution is 5.99. The average molecular weight is 354 g/mol. The first kappa shape index (κ1) is 20.4. The van der Waals surface area contributed by atoms with E-state index in [9.17, 15) is 0 Å². The van der Waals surface area contributed by atoms with E-state index in [1.165, 1.54) is 35.4 Å². The van der Waals surface area contributed by atoms with Crippen molar-refractivity contribution in [3.05, 3.63) is 59.4 Å². The molecule has 1 aromatic rings. The standard InChI is InChI=1S/C23H35N3/c1-6-18(2)23(25-21(5)22-12-8-7-9-13-22)14-15-24-17-20(4)26-16-10-11-19(26)3/h7-9,12-13,19,24H,4,6,10-11,14-17H2,1-3,5H3/b23-18-,25-21+. The summed E-state index contributed by atoms with van der Waals surface area (Å²) in [5, 5.41) is 3.56. The quantitative estimate of drug-likeness (QED) is 0.491. The summed E-state index contributed by atoms with van der Waals surface area (Å²) in [5.74, 6) is 0. The Morgan fingerprint density at radius 2 is 2.00 bits per heavy atom. The van der Waals surface area contributed by atoms with Crippen molar-refractivity contribution in [2.45, 2.75) is 59.4 Å². The third-order valence-electron chi connectivity index (χ3n) is 5.34. The van der Waals surface area contributed by atoms with Gasteiger partial charge < -0.3 is 10.2 Å². The molecule has 26 heavy (non-hydrogen) atoms. The van der Waals surface area contributed by atoms with Crippen LogP contribution >= 0.6 is 0 Å². The van der Waals surface area contributed by atoms with Gasteiger partial charge in [-0.2, -0.15) is 0 Å². The molecule has 3 heteroatoms. The van der Waals surface area contributed by atoms with Crippen LogP contribution in [-0.4, -0.2) is 36.3 Å². The van der Waals surface area contributed by atoms with Gasteiger partial charge in [-0.15, -0.1) is 0 Å². The molecule has 0 radical (unpaired) electrons. The molecule has 1 fully saturated rings. The van der Waals surface area contributed by atoms with Gasteiger partial charge in [0.1, 0.15) is 0 Å². The van der Waals surface area contributed by atoms with Crippen molar-refractivity contribution in [1.29, 1.82) is 0 Å². The summed E-state index contributed by atoms with van der Waals surface area (Å²) in [6.45, 7) is 16.0. The number of rotatable bonds is 9. The minimum Gasteiger partial charge on any atom is -0.372 e. The van der Waals surface area contributed by atoms with Crippen LogP contribution < -0.4 is 5.32 Å². The van der Waals surface area contributed by atoms with Gasteiger partial charge in [0.05, 0.1) is 0 Å². The van der Waals surface area contributed by atoms with E-state index < -0.39 is 0 Å². The van der Waals surface area contributed by atoms with E-state index >= 15 is 0 Å². The lowest BCUT2D eigenvalue weighted by molar-refractivity contribution is 0.331. The number of likely N-dealkylation sites (tertiary alicyclic amines) is 1. The van der Waals surface area contributed by atoms with E-state index in [4.69, 9.17) is 4.99 Å². The Bertz CT molecular complexity index is 643. The second kappa shape index (κ2) is 10.3. The van der Waals surface area contributed by atoms with Crippen molar-refractivity contribution in [2.75, 3.05) is 19.6 Å². The molecule has 0 bridgehead atoms. The first-order valence-corrected chi connectivity index (χ1v) is 9.97. The van der Waals surface area contributed by atoms with Crippen molar-refractivity contribution in [3.8, 4) is 0 Å². The normalized spacial score (nSPS) is 18.8. The van der Waals surface area contributed by atoms with Crippen LogP contribution in [0.3, 0.4) is 0 Å². The zero-order valence-corrected chi connectivity index (χ0v) is 17.0. The van der Waals surface area contributed by atoms with Crippen LogP contribution in [0.5, 0.6) is 0 Å². The summed E-state index contributed by atoms with van der Waals surface area (Å²) in [4.78, 5) is 7.39. The fourth-order valence-electron chi connectivity index (χ4n) is 3.46. The summed E-state index contributed by atoms with van der Waals surface area (Å²) < 4.78 is 0. The van der Waals surface area contributed by atoms with Gasteiger partial charge in [0.2, 0.25) is 0 Å². The van der Waals surface area contributed by atoms with E-state index in [1.54, 1.807) is 0 Å². The molecule has 1 unspecified atom stereocenters. The Balaban J connectivity index is 1.90. The zero-order valence-electron chi connectivity index (χ0n) is 17.0. The molecule has 0 aliphatic carbocycles. The molecule has 0 aromatic heterocycles. The van der Waals surface area contributed by atoms with Gasteiger partial charge in [0.15, 0.2) is 0 Å². The Hall–Kier alpha value is -1.87. The van der Waals surface area contributed by atoms with Gasteiger partial charge in [0, 0.05) is 49.2 Å². The Morgan fingerprint density at radius 3 is 2.62 bits per heavy atom. The summed E-state index contributed by atoms with van der Waals surface area (Å²) >= 11 is 0. The highest BCUT2D eigenvalue weighted by atomic mass is 15.2. The van der Waals surface area contributed by atoms with E-state index in [0.29, 0.717) is 6.04 Å². The molecule has 1 atom stereocenters. The van der Waals surface area contributed by atoms with Crippen molar-refractivity contribution in [3.63, 3.8) is 0 Å². The number of allylic oxidation sites excluding steroid dienone is 1. The van der Waals surface area contributed by atoms with Gasteiger partial charge in [-0.3, -0.25) is 4.99 Å². The lowest BCUT2D eigenvalue weighted by Gasteiger charge is -2.26. The summed E-state index contributed by atoms with van der Waals surface area (Å²) in [6.07, 6.45) is 4.57. The number of nitrogens with one attached hydrogen (secondary N) is 1. The zero-order chi connectivity index (χ0) is 18.9. The average Bonchev–Trinajstić information content (AvgIpc) is 3.10. The van der Waals surface area contributed by atoms with Crippen molar-refractivity contribution in [2.24, 2.45) is 4.99 Å². The molecular weight excluding hydrogens is 318 g/mol. The van der Waals surface area contributed by atoms with Crippen LogP contribution in [-0.2, 0) is 0 Å². The molecular formula is C23H35N3. The smallest absolute Gasteiger partial charge is 0.0448 e. The molecule has 3 nitrogen and oxygen atoms in total. The molecule has 1 N–H and O–H groups in total. The number of hydrogen-bond acceptors (Lipinski definition) is 3. The van der Waals surface area contributed by atoms with Crippen LogP contribution in [0, 0.1) is 0 Å². The first-order chi connectivity index (χ1) is 12.5. The largest absolute Gasteiger partial charge is 0.372 e. The van der Waals surface area contributed by atoms with Crippen LogP contribution in [0.2, 0.25) is 0 Å². The molecule has 0 saturated carbocycles. The van der Waals surface area contributed by atoms with Gasteiger partial charge in [0.25, 0.3) is 0 Å². The maximum absolute atomic E-state index is 4.95. The maximum Gasteiger partial charge on any atom is 0.0448 e. The SMILES string of the molecule is C=C(CNCCC(/N=C(\C)c1ccccc1)=C(\C)CC)N1CCCC1C. The minimum atomic E-state index is 0.639. The van der Waals surface area contributed by atoms with Gasteiger partial charge in [-0.25, -0.2) is 0 Å². The van der Waals surface area contributed by atoms with Gasteiger partial charge in [-0.05, 0) is 45.6 Å². The van der Waals surface area contributed by atoms with E-state index in [0.717, 1.165) is 38.2 Å². The van der Waals surface area contributed by atoms with E-state index in [1.807, 2.05) is 6.07 Å². The summed E-state index contributed by atoms with van der Waals surface area (Å²) in [5.41, 5.74) is 6.08. The number of benzene rings is 1. The highest BCUT2D eigenvalue weighted by Gasteiger charge is 2.20. The van der Waals surface area contributed by atoms with Crippen molar-refractivity contribution < 1.29 is 0 Å². The molecule has 0 spiro atoms.